The molecule has 1 aromatic carbocycles. The maximum absolute atomic E-state index is 12.1. The molecule has 2 unspecified atom stereocenters. The van der Waals surface area contributed by atoms with Gasteiger partial charge in [0.05, 0.1) is 6.10 Å². The van der Waals surface area contributed by atoms with Crippen LogP contribution in [0.4, 0.5) is 13.2 Å². The molecule has 6 heteroatoms. The Kier molecular flexibility index (Phi) is 4.88. The molecule has 0 radical (unpaired) electrons. The molecule has 1 heterocycles. The van der Waals surface area contributed by atoms with Gasteiger partial charge in [0, 0.05) is 19.1 Å². The second kappa shape index (κ2) is 6.45. The Labute approximate surface area is 116 Å². The van der Waals surface area contributed by atoms with Gasteiger partial charge in [0.15, 0.2) is 0 Å². The molecule has 1 aliphatic rings. The fourth-order valence-corrected chi connectivity index (χ4v) is 2.40. The molecule has 1 fully saturated rings. The summed E-state index contributed by atoms with van der Waals surface area (Å²) in [6.45, 7) is 4.46. The summed E-state index contributed by atoms with van der Waals surface area (Å²) in [5, 5.41) is 3.28. The Bertz CT molecular complexity index is 419. The summed E-state index contributed by atoms with van der Waals surface area (Å²) in [7, 11) is 0. The van der Waals surface area contributed by atoms with Crippen LogP contribution in [-0.2, 0) is 4.74 Å². The van der Waals surface area contributed by atoms with Gasteiger partial charge < -0.3 is 14.8 Å². The highest BCUT2D eigenvalue weighted by Crippen LogP contribution is 2.35. The monoisotopic (exact) mass is 289 g/mol. The van der Waals surface area contributed by atoms with Gasteiger partial charge in [-0.05, 0) is 30.7 Å². The van der Waals surface area contributed by atoms with Crippen molar-refractivity contribution in [1.29, 1.82) is 0 Å². The van der Waals surface area contributed by atoms with Crippen molar-refractivity contribution in [3.05, 3.63) is 29.8 Å². The van der Waals surface area contributed by atoms with Gasteiger partial charge in [0.1, 0.15) is 5.75 Å². The highest BCUT2D eigenvalue weighted by Gasteiger charge is 2.32. The van der Waals surface area contributed by atoms with Crippen LogP contribution < -0.4 is 10.1 Å². The van der Waals surface area contributed by atoms with Gasteiger partial charge in [-0.1, -0.05) is 19.1 Å². The van der Waals surface area contributed by atoms with Crippen molar-refractivity contribution in [2.24, 2.45) is 5.92 Å². The Morgan fingerprint density at radius 3 is 2.60 bits per heavy atom. The van der Waals surface area contributed by atoms with Crippen molar-refractivity contribution in [3.63, 3.8) is 0 Å². The standard InChI is InChI=1S/C14H18F3NO2/c1-2-18-9-11-7-8-19-13(11)10-3-5-12(6-4-10)20-14(15,16)17/h3-6,11,13,18H,2,7-9H2,1H3. The van der Waals surface area contributed by atoms with Crippen molar-refractivity contribution in [3.8, 4) is 5.75 Å². The lowest BCUT2D eigenvalue weighted by molar-refractivity contribution is -0.274. The predicted octanol–water partition coefficient (Wildman–Crippen LogP) is 3.27. The van der Waals surface area contributed by atoms with Crippen molar-refractivity contribution < 1.29 is 22.6 Å². The molecule has 2 atom stereocenters. The summed E-state index contributed by atoms with van der Waals surface area (Å²) in [5.41, 5.74) is 0.889. The van der Waals surface area contributed by atoms with Gasteiger partial charge in [0.25, 0.3) is 0 Å². The van der Waals surface area contributed by atoms with Crippen LogP contribution in [0.15, 0.2) is 24.3 Å². The van der Waals surface area contributed by atoms with Gasteiger partial charge in [-0.2, -0.15) is 0 Å². The number of hydrogen-bond acceptors (Lipinski definition) is 3. The number of hydrogen-bond donors (Lipinski definition) is 1. The summed E-state index contributed by atoms with van der Waals surface area (Å²) in [6, 6.07) is 5.93. The van der Waals surface area contributed by atoms with E-state index in [1.807, 2.05) is 6.92 Å². The second-order valence-electron chi connectivity index (χ2n) is 4.76. The number of halogens is 3. The van der Waals surface area contributed by atoms with E-state index in [0.29, 0.717) is 12.5 Å². The Morgan fingerprint density at radius 1 is 1.30 bits per heavy atom. The number of benzene rings is 1. The Morgan fingerprint density at radius 2 is 2.00 bits per heavy atom. The largest absolute Gasteiger partial charge is 0.573 e. The van der Waals surface area contributed by atoms with Gasteiger partial charge in [-0.3, -0.25) is 0 Å². The van der Waals surface area contributed by atoms with Crippen LogP contribution in [0, 0.1) is 5.92 Å². The van der Waals surface area contributed by atoms with Crippen LogP contribution >= 0.6 is 0 Å². The molecule has 0 aliphatic carbocycles. The minimum atomic E-state index is -4.65. The number of rotatable bonds is 5. The molecule has 0 aromatic heterocycles. The van der Waals surface area contributed by atoms with E-state index < -0.39 is 6.36 Å². The molecule has 2 rings (SSSR count). The first-order valence-corrected chi connectivity index (χ1v) is 6.67. The first kappa shape index (κ1) is 15.1. The highest BCUT2D eigenvalue weighted by atomic mass is 19.4. The van der Waals surface area contributed by atoms with E-state index in [9.17, 15) is 13.2 Å². The van der Waals surface area contributed by atoms with Crippen LogP contribution in [-0.4, -0.2) is 26.1 Å². The van der Waals surface area contributed by atoms with Crippen LogP contribution in [0.3, 0.4) is 0 Å². The van der Waals surface area contributed by atoms with Gasteiger partial charge in [-0.15, -0.1) is 13.2 Å². The topological polar surface area (TPSA) is 30.5 Å². The molecule has 1 saturated heterocycles. The molecule has 112 valence electrons. The molecule has 0 amide bonds. The lowest BCUT2D eigenvalue weighted by Crippen LogP contribution is -2.24. The third kappa shape index (κ3) is 4.11. The first-order chi connectivity index (χ1) is 9.49. The molecule has 0 saturated carbocycles. The zero-order chi connectivity index (χ0) is 14.6. The maximum Gasteiger partial charge on any atom is 0.573 e. The first-order valence-electron chi connectivity index (χ1n) is 6.67. The molecule has 1 N–H and O–H groups in total. The SMILES string of the molecule is CCNCC1CCOC1c1ccc(OC(F)(F)F)cc1. The van der Waals surface area contributed by atoms with Crippen LogP contribution in [0.25, 0.3) is 0 Å². The van der Waals surface area contributed by atoms with Crippen LogP contribution in [0.2, 0.25) is 0 Å². The number of ether oxygens (including phenoxy) is 2. The summed E-state index contributed by atoms with van der Waals surface area (Å²) >= 11 is 0. The minimum absolute atomic E-state index is 0.0611. The van der Waals surface area contributed by atoms with Crippen molar-refractivity contribution >= 4 is 0 Å². The Hall–Kier alpha value is -1.27. The fraction of sp³-hybridized carbons (Fsp3) is 0.571. The lowest BCUT2D eigenvalue weighted by atomic mass is 9.95. The fourth-order valence-electron chi connectivity index (χ4n) is 2.40. The molecule has 0 bridgehead atoms. The number of alkyl halides is 3. The summed E-state index contributed by atoms with van der Waals surface area (Å²) < 4.78 is 45.8. The predicted molar refractivity (Wildman–Crippen MR) is 68.5 cm³/mol. The zero-order valence-electron chi connectivity index (χ0n) is 11.2. The van der Waals surface area contributed by atoms with Gasteiger partial charge >= 0.3 is 6.36 Å². The van der Waals surface area contributed by atoms with E-state index in [1.165, 1.54) is 12.1 Å². The summed E-state index contributed by atoms with van der Waals surface area (Å²) in [5.74, 6) is 0.145. The van der Waals surface area contributed by atoms with Crippen molar-refractivity contribution in [2.75, 3.05) is 19.7 Å². The third-order valence-electron chi connectivity index (χ3n) is 3.31. The summed E-state index contributed by atoms with van der Waals surface area (Å²) in [6.07, 6.45) is -3.76. The lowest BCUT2D eigenvalue weighted by Gasteiger charge is -2.19. The molecule has 1 aliphatic heterocycles. The average molecular weight is 289 g/mol. The van der Waals surface area contributed by atoms with E-state index in [1.54, 1.807) is 12.1 Å². The zero-order valence-corrected chi connectivity index (χ0v) is 11.2. The van der Waals surface area contributed by atoms with Gasteiger partial charge in [0.2, 0.25) is 0 Å². The quantitative estimate of drug-likeness (QED) is 0.902. The Balaban J connectivity index is 2.01. The molecule has 0 spiro atoms. The van der Waals surface area contributed by atoms with Crippen LogP contribution in [0.1, 0.15) is 25.0 Å². The minimum Gasteiger partial charge on any atom is -0.406 e. The molecule has 20 heavy (non-hydrogen) atoms. The van der Waals surface area contributed by atoms with E-state index in [4.69, 9.17) is 4.74 Å². The van der Waals surface area contributed by atoms with E-state index in [0.717, 1.165) is 25.1 Å². The van der Waals surface area contributed by atoms with E-state index in [-0.39, 0.29) is 11.9 Å². The van der Waals surface area contributed by atoms with Crippen LogP contribution in [0.5, 0.6) is 5.75 Å². The highest BCUT2D eigenvalue weighted by molar-refractivity contribution is 5.29. The molecular weight excluding hydrogens is 271 g/mol. The average Bonchev–Trinajstić information content (AvgIpc) is 2.83. The normalized spacial score (nSPS) is 23.0. The van der Waals surface area contributed by atoms with Crippen molar-refractivity contribution in [2.45, 2.75) is 25.8 Å². The molecule has 1 aromatic rings. The van der Waals surface area contributed by atoms with Crippen molar-refractivity contribution in [1.82, 2.24) is 5.32 Å². The second-order valence-corrected chi connectivity index (χ2v) is 4.76. The molecule has 3 nitrogen and oxygen atoms in total. The maximum atomic E-state index is 12.1. The third-order valence-corrected chi connectivity index (χ3v) is 3.31. The smallest absolute Gasteiger partial charge is 0.406 e. The van der Waals surface area contributed by atoms with E-state index >= 15 is 0 Å². The number of nitrogens with one attached hydrogen (secondary N) is 1. The van der Waals surface area contributed by atoms with E-state index in [2.05, 4.69) is 10.1 Å². The summed E-state index contributed by atoms with van der Waals surface area (Å²) in [4.78, 5) is 0. The molecular formula is C14H18F3NO2. The van der Waals surface area contributed by atoms with Gasteiger partial charge in [-0.25, -0.2) is 0 Å².